The number of phenols is 1. The number of hydrogen-bond acceptors (Lipinski definition) is 7. The topological polar surface area (TPSA) is 110 Å². The number of phenolic OH excluding ortho intramolecular Hbond substituents is 1. The van der Waals surface area contributed by atoms with Crippen LogP contribution >= 0.6 is 0 Å². The van der Waals surface area contributed by atoms with E-state index in [4.69, 9.17) is 13.9 Å². The zero-order chi connectivity index (χ0) is 19.9. The van der Waals surface area contributed by atoms with Gasteiger partial charge in [-0.05, 0) is 48.0 Å². The van der Waals surface area contributed by atoms with Crippen molar-refractivity contribution < 1.29 is 28.6 Å². The van der Waals surface area contributed by atoms with E-state index < -0.39 is 11.9 Å². The Morgan fingerprint density at radius 2 is 1.93 bits per heavy atom. The Bertz CT molecular complexity index is 1010. The van der Waals surface area contributed by atoms with Crippen LogP contribution < -0.4 is 14.9 Å². The number of ether oxygens (including phenoxy) is 2. The Hall–Kier alpha value is -4.07. The van der Waals surface area contributed by atoms with Gasteiger partial charge in [0, 0.05) is 0 Å². The van der Waals surface area contributed by atoms with Crippen molar-refractivity contribution >= 4 is 18.1 Å². The number of hydrazone groups is 1. The van der Waals surface area contributed by atoms with Crippen LogP contribution in [-0.4, -0.2) is 30.3 Å². The third kappa shape index (κ3) is 4.36. The molecular weight excluding hydrogens is 364 g/mol. The molecule has 2 N–H and O–H groups in total. The summed E-state index contributed by atoms with van der Waals surface area (Å²) >= 11 is 0. The monoisotopic (exact) mass is 380 g/mol. The Morgan fingerprint density at radius 3 is 2.64 bits per heavy atom. The van der Waals surface area contributed by atoms with Gasteiger partial charge in [0.05, 0.1) is 25.2 Å². The number of furan rings is 1. The van der Waals surface area contributed by atoms with Crippen molar-refractivity contribution in [1.29, 1.82) is 0 Å². The number of rotatable bonds is 6. The van der Waals surface area contributed by atoms with E-state index >= 15 is 0 Å². The molecule has 0 aliphatic carbocycles. The van der Waals surface area contributed by atoms with Gasteiger partial charge in [0.15, 0.2) is 11.5 Å². The lowest BCUT2D eigenvalue weighted by Crippen LogP contribution is -2.17. The second-order valence-corrected chi connectivity index (χ2v) is 5.49. The molecule has 0 unspecified atom stereocenters. The van der Waals surface area contributed by atoms with Gasteiger partial charge in [0.25, 0.3) is 5.91 Å². The summed E-state index contributed by atoms with van der Waals surface area (Å²) in [5, 5.41) is 13.5. The molecule has 0 saturated carbocycles. The highest BCUT2D eigenvalue weighted by atomic mass is 16.6. The van der Waals surface area contributed by atoms with Crippen molar-refractivity contribution in [2.45, 2.75) is 0 Å². The molecule has 0 aliphatic rings. The van der Waals surface area contributed by atoms with Crippen LogP contribution in [0.3, 0.4) is 0 Å². The average molecular weight is 380 g/mol. The van der Waals surface area contributed by atoms with Gasteiger partial charge in [-0.25, -0.2) is 10.2 Å². The van der Waals surface area contributed by atoms with Crippen LogP contribution in [0.25, 0.3) is 0 Å². The SMILES string of the molecule is COc1cc(/C=N\NC(=O)c2ccccc2O)ccc1OC(=O)c1ccco1. The third-order valence-corrected chi connectivity index (χ3v) is 3.64. The van der Waals surface area contributed by atoms with Crippen LogP contribution in [0.1, 0.15) is 26.5 Å². The molecule has 0 bridgehead atoms. The molecule has 0 saturated heterocycles. The van der Waals surface area contributed by atoms with E-state index in [1.54, 1.807) is 30.3 Å². The Morgan fingerprint density at radius 1 is 1.11 bits per heavy atom. The standard InChI is InChI=1S/C20H16N2O6/c1-26-18-11-13(8-9-16(18)28-20(25)17-7-4-10-27-17)12-21-22-19(24)14-5-2-3-6-15(14)23/h2-12,23H,1H3,(H,22,24)/b21-12-. The Balaban J connectivity index is 1.68. The smallest absolute Gasteiger partial charge is 0.379 e. The van der Waals surface area contributed by atoms with E-state index in [9.17, 15) is 14.7 Å². The van der Waals surface area contributed by atoms with Crippen LogP contribution in [0, 0.1) is 0 Å². The predicted molar refractivity (Wildman–Crippen MR) is 99.8 cm³/mol. The molecule has 3 rings (SSSR count). The summed E-state index contributed by atoms with van der Waals surface area (Å²) in [5.74, 6) is -0.765. The Labute approximate surface area is 160 Å². The van der Waals surface area contributed by atoms with Gasteiger partial charge < -0.3 is 19.0 Å². The quantitative estimate of drug-likeness (QED) is 0.294. The second kappa shape index (κ2) is 8.54. The molecule has 0 fully saturated rings. The number of benzene rings is 2. The van der Waals surface area contributed by atoms with E-state index in [2.05, 4.69) is 10.5 Å². The van der Waals surface area contributed by atoms with Crippen LogP contribution in [0.2, 0.25) is 0 Å². The number of esters is 1. The van der Waals surface area contributed by atoms with Gasteiger partial charge in [-0.15, -0.1) is 0 Å². The first kappa shape index (κ1) is 18.7. The van der Waals surface area contributed by atoms with Crippen molar-refractivity contribution in [2.24, 2.45) is 5.10 Å². The maximum absolute atomic E-state index is 12.0. The fourth-order valence-electron chi connectivity index (χ4n) is 2.28. The lowest BCUT2D eigenvalue weighted by Gasteiger charge is -2.09. The summed E-state index contributed by atoms with van der Waals surface area (Å²) in [5.41, 5.74) is 3.02. The molecule has 0 spiro atoms. The number of nitrogens with one attached hydrogen (secondary N) is 1. The molecular formula is C20H16N2O6. The highest BCUT2D eigenvalue weighted by molar-refractivity contribution is 5.97. The molecule has 1 amide bonds. The minimum Gasteiger partial charge on any atom is -0.507 e. The fourth-order valence-corrected chi connectivity index (χ4v) is 2.28. The maximum Gasteiger partial charge on any atom is 0.379 e. The molecule has 1 aromatic heterocycles. The van der Waals surface area contributed by atoms with Crippen LogP contribution in [0.5, 0.6) is 17.2 Å². The van der Waals surface area contributed by atoms with E-state index in [-0.39, 0.29) is 22.8 Å². The molecule has 8 nitrogen and oxygen atoms in total. The number of amides is 1. The van der Waals surface area contributed by atoms with Crippen molar-refractivity contribution in [1.82, 2.24) is 5.43 Å². The summed E-state index contributed by atoms with van der Waals surface area (Å²) in [7, 11) is 1.43. The molecule has 142 valence electrons. The lowest BCUT2D eigenvalue weighted by atomic mass is 10.2. The molecule has 0 atom stereocenters. The molecule has 1 heterocycles. The first-order valence-electron chi connectivity index (χ1n) is 8.13. The van der Waals surface area contributed by atoms with E-state index in [0.717, 1.165) is 0 Å². The number of carbonyl (C=O) groups excluding carboxylic acids is 2. The van der Waals surface area contributed by atoms with Gasteiger partial charge in [-0.3, -0.25) is 4.79 Å². The number of hydrogen-bond donors (Lipinski definition) is 2. The largest absolute Gasteiger partial charge is 0.507 e. The average Bonchev–Trinajstić information content (AvgIpc) is 3.24. The van der Waals surface area contributed by atoms with Crippen LogP contribution in [-0.2, 0) is 0 Å². The molecule has 8 heteroatoms. The van der Waals surface area contributed by atoms with E-state index in [1.807, 2.05) is 0 Å². The summed E-state index contributed by atoms with van der Waals surface area (Å²) in [4.78, 5) is 24.0. The first-order valence-corrected chi connectivity index (χ1v) is 8.13. The molecule has 28 heavy (non-hydrogen) atoms. The van der Waals surface area contributed by atoms with Crippen molar-refractivity contribution in [3.8, 4) is 17.2 Å². The van der Waals surface area contributed by atoms with Crippen molar-refractivity contribution in [2.75, 3.05) is 7.11 Å². The molecule has 0 aliphatic heterocycles. The van der Waals surface area contributed by atoms with Crippen LogP contribution in [0.4, 0.5) is 0 Å². The number of para-hydroxylation sites is 1. The van der Waals surface area contributed by atoms with Gasteiger partial charge in [-0.2, -0.15) is 5.10 Å². The maximum atomic E-state index is 12.0. The first-order chi connectivity index (χ1) is 13.6. The van der Waals surface area contributed by atoms with Crippen LogP contribution in [0.15, 0.2) is 70.4 Å². The van der Waals surface area contributed by atoms with Crippen molar-refractivity contribution in [3.63, 3.8) is 0 Å². The zero-order valence-electron chi connectivity index (χ0n) is 14.8. The van der Waals surface area contributed by atoms with Gasteiger partial charge in [0.2, 0.25) is 5.76 Å². The third-order valence-electron chi connectivity index (χ3n) is 3.64. The normalized spacial score (nSPS) is 10.6. The number of carbonyl (C=O) groups is 2. The highest BCUT2D eigenvalue weighted by Crippen LogP contribution is 2.28. The van der Waals surface area contributed by atoms with Gasteiger partial charge in [-0.1, -0.05) is 12.1 Å². The summed E-state index contributed by atoms with van der Waals surface area (Å²) < 4.78 is 15.5. The molecule has 0 radical (unpaired) electrons. The zero-order valence-corrected chi connectivity index (χ0v) is 14.8. The number of aromatic hydroxyl groups is 1. The number of nitrogens with zero attached hydrogens (tertiary/aromatic N) is 1. The lowest BCUT2D eigenvalue weighted by molar-refractivity contribution is 0.0696. The van der Waals surface area contributed by atoms with Crippen molar-refractivity contribution in [3.05, 3.63) is 77.7 Å². The summed E-state index contributed by atoms with van der Waals surface area (Å²) in [6.45, 7) is 0. The van der Waals surface area contributed by atoms with E-state index in [1.165, 1.54) is 43.9 Å². The molecule has 2 aromatic carbocycles. The van der Waals surface area contributed by atoms with Gasteiger partial charge in [0.1, 0.15) is 5.75 Å². The van der Waals surface area contributed by atoms with Gasteiger partial charge >= 0.3 is 5.97 Å². The Kier molecular flexibility index (Phi) is 5.71. The fraction of sp³-hybridized carbons (Fsp3) is 0.0500. The van der Waals surface area contributed by atoms with E-state index in [0.29, 0.717) is 11.3 Å². The summed E-state index contributed by atoms with van der Waals surface area (Å²) in [6.07, 6.45) is 2.76. The second-order valence-electron chi connectivity index (χ2n) is 5.49. The predicted octanol–water partition coefficient (Wildman–Crippen LogP) is 2.98. The minimum atomic E-state index is -0.653. The summed E-state index contributed by atoms with van der Waals surface area (Å²) in [6, 6.07) is 13.9. The molecule has 3 aromatic rings. The number of methoxy groups -OCH3 is 1. The highest BCUT2D eigenvalue weighted by Gasteiger charge is 2.15. The minimum absolute atomic E-state index is 0.0690.